The molecular formula is C11H16BrNS2. The van der Waals surface area contributed by atoms with Crippen LogP contribution in [-0.2, 0) is 6.42 Å². The molecule has 1 saturated heterocycles. The summed E-state index contributed by atoms with van der Waals surface area (Å²) < 4.78 is 1.24. The first-order valence-corrected chi connectivity index (χ1v) is 8.16. The first kappa shape index (κ1) is 12.0. The van der Waals surface area contributed by atoms with E-state index in [1.807, 2.05) is 11.3 Å². The maximum absolute atomic E-state index is 3.65. The normalized spacial score (nSPS) is 21.8. The minimum absolute atomic E-state index is 0.757. The fourth-order valence-electron chi connectivity index (χ4n) is 1.79. The molecule has 0 saturated carbocycles. The standard InChI is InChI=1S/C11H16BrNS2/c12-11-4-3-10(15-11)5-6-13-9-2-1-7-14-8-9/h3-4,9,13H,1-2,5-8H2. The van der Waals surface area contributed by atoms with E-state index in [1.165, 1.54) is 33.0 Å². The summed E-state index contributed by atoms with van der Waals surface area (Å²) in [5.41, 5.74) is 0. The molecule has 0 bridgehead atoms. The number of hydrogen-bond donors (Lipinski definition) is 1. The lowest BCUT2D eigenvalue weighted by molar-refractivity contribution is 0.512. The smallest absolute Gasteiger partial charge is 0.0701 e. The van der Waals surface area contributed by atoms with Crippen molar-refractivity contribution in [1.82, 2.24) is 5.32 Å². The van der Waals surface area contributed by atoms with Gasteiger partial charge < -0.3 is 5.32 Å². The molecule has 1 aliphatic heterocycles. The Hall–Kier alpha value is 0.490. The Morgan fingerprint density at radius 1 is 1.47 bits per heavy atom. The van der Waals surface area contributed by atoms with E-state index in [0.717, 1.165) is 19.0 Å². The molecular weight excluding hydrogens is 290 g/mol. The number of thioether (sulfide) groups is 1. The molecule has 1 aliphatic rings. The van der Waals surface area contributed by atoms with Crippen LogP contribution in [0.5, 0.6) is 0 Å². The van der Waals surface area contributed by atoms with Crippen molar-refractivity contribution in [2.75, 3.05) is 18.1 Å². The third kappa shape index (κ3) is 4.10. The Kier molecular flexibility index (Phi) is 5.01. The molecule has 1 fully saturated rings. The molecule has 1 atom stereocenters. The Bertz CT molecular complexity index is 295. The van der Waals surface area contributed by atoms with E-state index in [4.69, 9.17) is 0 Å². The van der Waals surface area contributed by atoms with Gasteiger partial charge in [0.15, 0.2) is 0 Å². The summed E-state index contributed by atoms with van der Waals surface area (Å²) in [6.45, 7) is 1.12. The number of nitrogens with one attached hydrogen (secondary N) is 1. The second kappa shape index (κ2) is 6.28. The molecule has 84 valence electrons. The van der Waals surface area contributed by atoms with E-state index in [2.05, 4.69) is 45.1 Å². The van der Waals surface area contributed by atoms with Crippen LogP contribution < -0.4 is 5.32 Å². The monoisotopic (exact) mass is 305 g/mol. The molecule has 0 amide bonds. The van der Waals surface area contributed by atoms with Crippen molar-refractivity contribution < 1.29 is 0 Å². The predicted octanol–water partition coefficient (Wildman–Crippen LogP) is 3.54. The molecule has 0 aromatic carbocycles. The van der Waals surface area contributed by atoms with E-state index in [1.54, 1.807) is 0 Å². The fraction of sp³-hybridized carbons (Fsp3) is 0.636. The maximum atomic E-state index is 3.65. The highest BCUT2D eigenvalue weighted by atomic mass is 79.9. The van der Waals surface area contributed by atoms with Crippen molar-refractivity contribution in [2.45, 2.75) is 25.3 Å². The van der Waals surface area contributed by atoms with Crippen LogP contribution >= 0.6 is 39.0 Å². The average Bonchev–Trinajstić information content (AvgIpc) is 2.66. The highest BCUT2D eigenvalue weighted by molar-refractivity contribution is 9.11. The lowest BCUT2D eigenvalue weighted by Crippen LogP contribution is -2.34. The molecule has 1 N–H and O–H groups in total. The summed E-state index contributed by atoms with van der Waals surface area (Å²) in [7, 11) is 0. The zero-order valence-corrected chi connectivity index (χ0v) is 11.9. The van der Waals surface area contributed by atoms with Crippen LogP contribution in [-0.4, -0.2) is 24.1 Å². The first-order chi connectivity index (χ1) is 7.34. The van der Waals surface area contributed by atoms with Crippen LogP contribution in [0.15, 0.2) is 15.9 Å². The lowest BCUT2D eigenvalue weighted by Gasteiger charge is -2.22. The first-order valence-electron chi connectivity index (χ1n) is 5.40. The molecule has 0 spiro atoms. The van der Waals surface area contributed by atoms with Crippen LogP contribution in [0, 0.1) is 0 Å². The number of rotatable bonds is 4. The molecule has 2 heterocycles. The summed E-state index contributed by atoms with van der Waals surface area (Å²) >= 11 is 7.43. The quantitative estimate of drug-likeness (QED) is 0.913. The SMILES string of the molecule is Brc1ccc(CCNC2CCCSC2)s1. The number of thiophene rings is 1. The molecule has 1 aromatic heterocycles. The minimum atomic E-state index is 0.757. The van der Waals surface area contributed by atoms with Crippen LogP contribution in [0.25, 0.3) is 0 Å². The number of hydrogen-bond acceptors (Lipinski definition) is 3. The second-order valence-corrected chi connectivity index (χ2v) is 7.52. The molecule has 1 unspecified atom stereocenters. The van der Waals surface area contributed by atoms with Gasteiger partial charge in [0, 0.05) is 23.2 Å². The van der Waals surface area contributed by atoms with Gasteiger partial charge in [0.1, 0.15) is 0 Å². The van der Waals surface area contributed by atoms with E-state index < -0.39 is 0 Å². The van der Waals surface area contributed by atoms with Gasteiger partial charge in [0.25, 0.3) is 0 Å². The summed E-state index contributed by atoms with van der Waals surface area (Å²) in [4.78, 5) is 1.47. The third-order valence-electron chi connectivity index (χ3n) is 2.59. The summed E-state index contributed by atoms with van der Waals surface area (Å²) in [5, 5.41) is 3.65. The summed E-state index contributed by atoms with van der Waals surface area (Å²) in [6, 6.07) is 5.11. The third-order valence-corrected chi connectivity index (χ3v) is 5.49. The Balaban J connectivity index is 1.65. The van der Waals surface area contributed by atoms with Crippen LogP contribution in [0.4, 0.5) is 0 Å². The van der Waals surface area contributed by atoms with Crippen molar-refractivity contribution in [3.63, 3.8) is 0 Å². The summed E-state index contributed by atoms with van der Waals surface area (Å²) in [5.74, 6) is 2.66. The van der Waals surface area contributed by atoms with Gasteiger partial charge in [0.2, 0.25) is 0 Å². The van der Waals surface area contributed by atoms with Gasteiger partial charge in [-0.05, 0) is 53.1 Å². The van der Waals surface area contributed by atoms with E-state index in [-0.39, 0.29) is 0 Å². The van der Waals surface area contributed by atoms with Crippen LogP contribution in [0.1, 0.15) is 17.7 Å². The zero-order chi connectivity index (χ0) is 10.5. The average molecular weight is 306 g/mol. The number of halogens is 1. The largest absolute Gasteiger partial charge is 0.313 e. The van der Waals surface area contributed by atoms with Gasteiger partial charge in [-0.2, -0.15) is 11.8 Å². The lowest BCUT2D eigenvalue weighted by atomic mass is 10.2. The van der Waals surface area contributed by atoms with Gasteiger partial charge in [-0.25, -0.2) is 0 Å². The highest BCUT2D eigenvalue weighted by Crippen LogP contribution is 2.22. The molecule has 0 aliphatic carbocycles. The minimum Gasteiger partial charge on any atom is -0.313 e. The Labute approximate surface area is 108 Å². The van der Waals surface area contributed by atoms with Crippen molar-refractivity contribution in [3.05, 3.63) is 20.8 Å². The molecule has 1 aromatic rings. The van der Waals surface area contributed by atoms with Gasteiger partial charge in [0.05, 0.1) is 3.79 Å². The van der Waals surface area contributed by atoms with E-state index in [0.29, 0.717) is 0 Å². The topological polar surface area (TPSA) is 12.0 Å². The van der Waals surface area contributed by atoms with Crippen molar-refractivity contribution in [2.24, 2.45) is 0 Å². The van der Waals surface area contributed by atoms with Crippen molar-refractivity contribution in [1.29, 1.82) is 0 Å². The molecule has 4 heteroatoms. The Morgan fingerprint density at radius 3 is 3.07 bits per heavy atom. The van der Waals surface area contributed by atoms with E-state index >= 15 is 0 Å². The van der Waals surface area contributed by atoms with E-state index in [9.17, 15) is 0 Å². The molecule has 0 radical (unpaired) electrons. The van der Waals surface area contributed by atoms with Crippen molar-refractivity contribution in [3.8, 4) is 0 Å². The molecule has 2 rings (SSSR count). The highest BCUT2D eigenvalue weighted by Gasteiger charge is 2.12. The molecule has 1 nitrogen and oxygen atoms in total. The van der Waals surface area contributed by atoms with Gasteiger partial charge in [-0.15, -0.1) is 11.3 Å². The molecule has 15 heavy (non-hydrogen) atoms. The zero-order valence-electron chi connectivity index (χ0n) is 8.67. The van der Waals surface area contributed by atoms with Gasteiger partial charge >= 0.3 is 0 Å². The predicted molar refractivity (Wildman–Crippen MR) is 74.1 cm³/mol. The summed E-state index contributed by atoms with van der Waals surface area (Å²) in [6.07, 6.45) is 3.91. The van der Waals surface area contributed by atoms with Crippen molar-refractivity contribution >= 4 is 39.0 Å². The van der Waals surface area contributed by atoms with Gasteiger partial charge in [-0.3, -0.25) is 0 Å². The van der Waals surface area contributed by atoms with Crippen LogP contribution in [0.3, 0.4) is 0 Å². The van der Waals surface area contributed by atoms with Gasteiger partial charge in [-0.1, -0.05) is 0 Å². The fourth-order valence-corrected chi connectivity index (χ4v) is 4.38. The van der Waals surface area contributed by atoms with Crippen LogP contribution in [0.2, 0.25) is 0 Å². The maximum Gasteiger partial charge on any atom is 0.0701 e. The Morgan fingerprint density at radius 2 is 2.40 bits per heavy atom. The second-order valence-electron chi connectivity index (χ2n) is 3.82.